The molecule has 14 nitrogen and oxygen atoms in total. The maximum atomic E-state index is 12.9. The van der Waals surface area contributed by atoms with E-state index in [4.69, 9.17) is 35.4 Å². The van der Waals surface area contributed by atoms with Crippen molar-refractivity contribution >= 4 is 23.6 Å². The lowest BCUT2D eigenvalue weighted by molar-refractivity contribution is -0.155. The fraction of sp³-hybridized carbons (Fsp3) is 0.452. The molecule has 2 heterocycles. The van der Waals surface area contributed by atoms with E-state index in [1.807, 2.05) is 6.07 Å². The van der Waals surface area contributed by atoms with Gasteiger partial charge in [-0.15, -0.1) is 0 Å². The molecule has 2 saturated heterocycles. The van der Waals surface area contributed by atoms with Gasteiger partial charge in [0.25, 0.3) is 6.29 Å². The normalized spacial score (nSPS) is 33.6. The Labute approximate surface area is 269 Å². The number of hydrogen-bond acceptors (Lipinski definition) is 13. The van der Waals surface area contributed by atoms with Crippen molar-refractivity contribution in [1.82, 2.24) is 10.8 Å². The first-order valence-corrected chi connectivity index (χ1v) is 14.8. The van der Waals surface area contributed by atoms with Gasteiger partial charge in [0.05, 0.1) is 18.3 Å². The second kappa shape index (κ2) is 13.7. The number of hydrogen-bond donors (Lipinski definition) is 8. The van der Waals surface area contributed by atoms with Gasteiger partial charge in [-0.3, -0.25) is 15.1 Å². The van der Waals surface area contributed by atoms with Crippen molar-refractivity contribution in [2.45, 2.75) is 81.9 Å². The van der Waals surface area contributed by atoms with Crippen molar-refractivity contribution in [3.8, 4) is 11.5 Å². The van der Waals surface area contributed by atoms with Crippen LogP contribution in [0.25, 0.3) is 6.08 Å². The number of fused-ring (bicyclic) bond motifs is 1. The quantitative estimate of drug-likeness (QED) is 0.136. The number of phenolic OH excluding ortho intramolecular Hbond substituents is 1. The Bertz CT molecular complexity index is 1500. The minimum atomic E-state index is -1.91. The van der Waals surface area contributed by atoms with Gasteiger partial charge in [0.15, 0.2) is 22.9 Å². The largest absolute Gasteiger partial charge is 0.504 e. The topological polar surface area (TPSA) is 209 Å². The number of benzene rings is 2. The van der Waals surface area contributed by atoms with Gasteiger partial charge in [0.2, 0.25) is 5.91 Å². The summed E-state index contributed by atoms with van der Waals surface area (Å²) in [6, 6.07) is 10.1. The molecule has 2 aromatic rings. The zero-order chi connectivity index (χ0) is 33.3. The molecule has 1 saturated carbocycles. The van der Waals surface area contributed by atoms with E-state index >= 15 is 0 Å². The van der Waals surface area contributed by atoms with Gasteiger partial charge in [-0.2, -0.15) is 0 Å². The minimum Gasteiger partial charge on any atom is -0.504 e. The highest BCUT2D eigenvalue weighted by atomic mass is 35.5. The molecular formula is C31H37ClN2O12. The molecule has 46 heavy (non-hydrogen) atoms. The molecule has 0 aromatic heterocycles. The molecule has 15 heteroatoms. The number of aromatic hydroxyl groups is 1. The molecule has 0 bridgehead atoms. The third-order valence-corrected chi connectivity index (χ3v) is 8.33. The second-order valence-electron chi connectivity index (χ2n) is 11.6. The molecule has 1 amide bonds. The molecule has 3 aliphatic rings. The Balaban J connectivity index is 1.21. The number of rotatable bonds is 9. The van der Waals surface area contributed by atoms with Gasteiger partial charge in [-0.1, -0.05) is 29.8 Å². The molecule has 0 radical (unpaired) electrons. The number of carbonyl (C=O) groups is 1. The maximum Gasteiger partial charge on any atom is 0.272 e. The summed E-state index contributed by atoms with van der Waals surface area (Å²) in [6.07, 6.45) is -7.50. The lowest BCUT2D eigenvalue weighted by Gasteiger charge is -2.41. The van der Waals surface area contributed by atoms with Crippen molar-refractivity contribution in [3.63, 3.8) is 0 Å². The van der Waals surface area contributed by atoms with Crippen LogP contribution in [0.2, 0.25) is 5.02 Å². The van der Waals surface area contributed by atoms with E-state index in [2.05, 4.69) is 10.8 Å². The van der Waals surface area contributed by atoms with Crippen LogP contribution in [0.5, 0.6) is 11.5 Å². The minimum absolute atomic E-state index is 0.0231. The summed E-state index contributed by atoms with van der Waals surface area (Å²) in [5, 5.41) is 66.9. The van der Waals surface area contributed by atoms with Crippen LogP contribution < -0.4 is 15.5 Å². The summed E-state index contributed by atoms with van der Waals surface area (Å²) < 4.78 is 22.0. The Morgan fingerprint density at radius 2 is 1.78 bits per heavy atom. The first kappa shape index (κ1) is 33.9. The number of ether oxygens (including phenoxy) is 4. The predicted octanol–water partition coefficient (Wildman–Crippen LogP) is 0.571. The van der Waals surface area contributed by atoms with Crippen LogP contribution in [0.3, 0.4) is 0 Å². The summed E-state index contributed by atoms with van der Waals surface area (Å²) in [5.41, 5.74) is 2.41. The highest BCUT2D eigenvalue weighted by Crippen LogP contribution is 2.39. The van der Waals surface area contributed by atoms with E-state index in [1.54, 1.807) is 25.1 Å². The highest BCUT2D eigenvalue weighted by Gasteiger charge is 2.54. The van der Waals surface area contributed by atoms with Gasteiger partial charge in [0, 0.05) is 10.6 Å². The molecule has 250 valence electrons. The number of phenols is 1. The van der Waals surface area contributed by atoms with Crippen molar-refractivity contribution in [2.24, 2.45) is 0 Å². The average Bonchev–Trinajstić information content (AvgIpc) is 3.59. The molecule has 8 N–H and O–H groups in total. The molecule has 0 unspecified atom stereocenters. The van der Waals surface area contributed by atoms with Crippen molar-refractivity contribution in [1.29, 1.82) is 0 Å². The van der Waals surface area contributed by atoms with Crippen LogP contribution in [0.4, 0.5) is 0 Å². The molecule has 2 aliphatic heterocycles. The van der Waals surface area contributed by atoms with E-state index in [9.17, 15) is 35.4 Å². The molecule has 1 aliphatic carbocycles. The molecular weight excluding hydrogens is 628 g/mol. The average molecular weight is 665 g/mol. The second-order valence-corrected chi connectivity index (χ2v) is 12.0. The standard InChI is InChI=1S/C31H37ClN2O12/c1-14(29(40)33-21-22(36)24(38)27-26(23(21)37)42-13-43-27)9-16-7-8-20(19(35)11-16)45-30-31(3,41)28(39)25(46-30)15(2)34-44-12-17-5-4-6-18(32)10-17/h4-11,21-24,26-28,30,34-39,41H,12-13H2,1-3H3,(H,33,40)/t21-,22+,23-,24-,26+,27-,28-,30-,31-/m1/s1. The maximum absolute atomic E-state index is 12.9. The molecule has 0 spiro atoms. The molecule has 2 aromatic carbocycles. The van der Waals surface area contributed by atoms with E-state index in [0.717, 1.165) is 5.56 Å². The number of nitrogens with one attached hydrogen (secondary N) is 2. The van der Waals surface area contributed by atoms with Crippen LogP contribution in [0, 0.1) is 0 Å². The zero-order valence-corrected chi connectivity index (χ0v) is 25.9. The zero-order valence-electron chi connectivity index (χ0n) is 25.2. The number of amides is 1. The lowest BCUT2D eigenvalue weighted by Crippen LogP contribution is -2.67. The number of hydroxylamine groups is 1. The summed E-state index contributed by atoms with van der Waals surface area (Å²) in [4.78, 5) is 18.4. The highest BCUT2D eigenvalue weighted by molar-refractivity contribution is 6.30. The van der Waals surface area contributed by atoms with Gasteiger partial charge in [-0.25, -0.2) is 0 Å². The van der Waals surface area contributed by atoms with E-state index in [1.165, 1.54) is 38.1 Å². The van der Waals surface area contributed by atoms with Crippen LogP contribution >= 0.6 is 11.6 Å². The Morgan fingerprint density at radius 3 is 2.48 bits per heavy atom. The van der Waals surface area contributed by atoms with Gasteiger partial charge in [0.1, 0.15) is 43.4 Å². The first-order chi connectivity index (χ1) is 21.8. The van der Waals surface area contributed by atoms with Crippen LogP contribution in [-0.4, -0.2) is 97.9 Å². The molecule has 5 rings (SSSR count). The predicted molar refractivity (Wildman–Crippen MR) is 161 cm³/mol. The fourth-order valence-corrected chi connectivity index (χ4v) is 5.62. The smallest absolute Gasteiger partial charge is 0.272 e. The van der Waals surface area contributed by atoms with Gasteiger partial charge < -0.3 is 54.9 Å². The van der Waals surface area contributed by atoms with Gasteiger partial charge in [-0.05, 0) is 62.2 Å². The van der Waals surface area contributed by atoms with Crippen LogP contribution in [0.1, 0.15) is 31.9 Å². The third kappa shape index (κ3) is 6.95. The number of allylic oxidation sites excluding steroid dienone is 1. The number of aliphatic hydroxyl groups excluding tert-OH is 4. The van der Waals surface area contributed by atoms with Crippen molar-refractivity contribution < 1.29 is 59.2 Å². The Morgan fingerprint density at radius 1 is 1.07 bits per heavy atom. The summed E-state index contributed by atoms with van der Waals surface area (Å²) in [7, 11) is 0. The van der Waals surface area contributed by atoms with Gasteiger partial charge >= 0.3 is 0 Å². The Hall–Kier alpha value is -3.44. The van der Waals surface area contributed by atoms with Crippen molar-refractivity contribution in [2.75, 3.05) is 6.79 Å². The molecule has 3 fully saturated rings. The fourth-order valence-electron chi connectivity index (χ4n) is 5.41. The number of aliphatic hydroxyl groups is 5. The molecule has 9 atom stereocenters. The Kier molecular flexibility index (Phi) is 10.1. The number of carbonyl (C=O) groups excluding carboxylic acids is 1. The SMILES string of the molecule is CC(=Cc1ccc(O[C@@H]2OC(=C(C)NOCc3cccc(Cl)c3)[C@@H](O)[C@@]2(C)O)c(O)c1)C(=O)N[C@@H]1[C@H](O)[C@@H](O)[C@H]2OCO[C@H]2[C@@H]1O. The first-order valence-electron chi connectivity index (χ1n) is 14.4. The summed E-state index contributed by atoms with van der Waals surface area (Å²) in [6.45, 7) is 4.39. The summed E-state index contributed by atoms with van der Waals surface area (Å²) >= 11 is 5.99. The summed E-state index contributed by atoms with van der Waals surface area (Å²) in [5.74, 6) is -1.09. The number of halogens is 1. The monoisotopic (exact) mass is 664 g/mol. The van der Waals surface area contributed by atoms with E-state index in [0.29, 0.717) is 10.6 Å². The third-order valence-electron chi connectivity index (χ3n) is 8.10. The van der Waals surface area contributed by atoms with E-state index in [-0.39, 0.29) is 41.9 Å². The van der Waals surface area contributed by atoms with E-state index < -0.39 is 60.5 Å². The lowest BCUT2D eigenvalue weighted by atomic mass is 9.83. The van der Waals surface area contributed by atoms with Crippen LogP contribution in [-0.2, 0) is 30.4 Å². The van der Waals surface area contributed by atoms with Crippen molar-refractivity contribution in [3.05, 3.63) is 75.6 Å². The van der Waals surface area contributed by atoms with Crippen LogP contribution in [0.15, 0.2) is 59.5 Å².